The van der Waals surface area contributed by atoms with Crippen LogP contribution in [-0.2, 0) is 0 Å². The Labute approximate surface area is 122 Å². The minimum Gasteiger partial charge on any atom is -0.387 e. The molecule has 0 radical (unpaired) electrons. The van der Waals surface area contributed by atoms with Crippen LogP contribution in [0.15, 0.2) is 45.1 Å². The molecule has 0 fully saturated rings. The minimum atomic E-state index is -0.514. The molecular formula is C12H10BrClOS2. The number of rotatable bonds is 4. The Kier molecular flexibility index (Phi) is 4.94. The maximum absolute atomic E-state index is 10.0. The Bertz CT molecular complexity index is 501. The predicted molar refractivity (Wildman–Crippen MR) is 79.2 cm³/mol. The zero-order valence-corrected chi connectivity index (χ0v) is 12.7. The van der Waals surface area contributed by atoms with Crippen LogP contribution < -0.4 is 0 Å². The highest BCUT2D eigenvalue weighted by Crippen LogP contribution is 2.34. The molecule has 1 nitrogen and oxygen atoms in total. The maximum Gasteiger partial charge on any atom is 0.0990 e. The van der Waals surface area contributed by atoms with Crippen molar-refractivity contribution >= 4 is 50.6 Å². The zero-order valence-electron chi connectivity index (χ0n) is 8.77. The van der Waals surface area contributed by atoms with Crippen molar-refractivity contribution < 1.29 is 5.11 Å². The van der Waals surface area contributed by atoms with Crippen molar-refractivity contribution in [3.8, 4) is 0 Å². The molecule has 5 heteroatoms. The van der Waals surface area contributed by atoms with Gasteiger partial charge in [-0.15, -0.1) is 23.1 Å². The second-order valence-corrected chi connectivity index (χ2v) is 6.66. The Morgan fingerprint density at radius 1 is 1.35 bits per heavy atom. The van der Waals surface area contributed by atoms with E-state index in [-0.39, 0.29) is 0 Å². The molecule has 0 aliphatic carbocycles. The average Bonchev–Trinajstić information content (AvgIpc) is 2.74. The molecule has 17 heavy (non-hydrogen) atoms. The van der Waals surface area contributed by atoms with E-state index in [4.69, 9.17) is 11.6 Å². The fourth-order valence-corrected chi connectivity index (χ4v) is 4.14. The van der Waals surface area contributed by atoms with E-state index in [0.717, 1.165) is 14.2 Å². The smallest absolute Gasteiger partial charge is 0.0990 e. The molecule has 1 heterocycles. The fourth-order valence-electron chi connectivity index (χ4n) is 1.35. The summed E-state index contributed by atoms with van der Waals surface area (Å²) < 4.78 is 1.05. The number of thiophene rings is 1. The lowest BCUT2D eigenvalue weighted by molar-refractivity contribution is 0.208. The van der Waals surface area contributed by atoms with Gasteiger partial charge in [0.05, 0.1) is 16.0 Å². The van der Waals surface area contributed by atoms with Gasteiger partial charge >= 0.3 is 0 Å². The molecule has 90 valence electrons. The van der Waals surface area contributed by atoms with Crippen molar-refractivity contribution in [2.45, 2.75) is 11.0 Å². The summed E-state index contributed by atoms with van der Waals surface area (Å²) in [6.45, 7) is 0. The van der Waals surface area contributed by atoms with Crippen molar-refractivity contribution in [3.63, 3.8) is 0 Å². The van der Waals surface area contributed by atoms with Gasteiger partial charge in [0.2, 0.25) is 0 Å². The third-order valence-electron chi connectivity index (χ3n) is 2.18. The Morgan fingerprint density at radius 3 is 2.76 bits per heavy atom. The third kappa shape index (κ3) is 3.48. The highest BCUT2D eigenvalue weighted by Gasteiger charge is 2.13. The number of aliphatic hydroxyl groups excluding tert-OH is 1. The number of thioether (sulfide) groups is 1. The van der Waals surface area contributed by atoms with E-state index in [1.54, 1.807) is 11.8 Å². The predicted octanol–water partition coefficient (Wildman–Crippen LogP) is 4.99. The van der Waals surface area contributed by atoms with Crippen LogP contribution in [0.3, 0.4) is 0 Å². The summed E-state index contributed by atoms with van der Waals surface area (Å²) in [5.74, 6) is 0.600. The van der Waals surface area contributed by atoms with Gasteiger partial charge in [0, 0.05) is 15.1 Å². The van der Waals surface area contributed by atoms with Crippen LogP contribution in [0.5, 0.6) is 0 Å². The normalized spacial score (nSPS) is 12.6. The molecule has 0 aliphatic heterocycles. The fraction of sp³-hybridized carbons (Fsp3) is 0.167. The molecule has 0 amide bonds. The van der Waals surface area contributed by atoms with Gasteiger partial charge < -0.3 is 5.11 Å². The van der Waals surface area contributed by atoms with E-state index in [2.05, 4.69) is 15.9 Å². The highest BCUT2D eigenvalue weighted by atomic mass is 79.9. The van der Waals surface area contributed by atoms with Gasteiger partial charge in [0.25, 0.3) is 0 Å². The number of aliphatic hydroxyl groups is 1. The van der Waals surface area contributed by atoms with E-state index < -0.39 is 6.10 Å². The molecule has 1 aromatic carbocycles. The van der Waals surface area contributed by atoms with Crippen molar-refractivity contribution in [2.75, 3.05) is 5.75 Å². The van der Waals surface area contributed by atoms with Gasteiger partial charge in [0.1, 0.15) is 0 Å². The van der Waals surface area contributed by atoms with Gasteiger partial charge in [-0.05, 0) is 39.5 Å². The van der Waals surface area contributed by atoms with Crippen molar-refractivity contribution in [1.82, 2.24) is 0 Å². The lowest BCUT2D eigenvalue weighted by atomic mass is 10.3. The van der Waals surface area contributed by atoms with E-state index in [0.29, 0.717) is 10.8 Å². The monoisotopic (exact) mass is 348 g/mol. The van der Waals surface area contributed by atoms with Gasteiger partial charge in [0.15, 0.2) is 0 Å². The van der Waals surface area contributed by atoms with Crippen LogP contribution in [0, 0.1) is 0 Å². The first-order valence-corrected chi connectivity index (χ1v) is 8.00. The van der Waals surface area contributed by atoms with Gasteiger partial charge in [-0.25, -0.2) is 0 Å². The minimum absolute atomic E-state index is 0.514. The summed E-state index contributed by atoms with van der Waals surface area (Å²) in [6.07, 6.45) is -0.514. The quantitative estimate of drug-likeness (QED) is 0.785. The van der Waals surface area contributed by atoms with Crippen molar-refractivity contribution in [2.24, 2.45) is 0 Å². The molecule has 0 spiro atoms. The topological polar surface area (TPSA) is 20.2 Å². The van der Waals surface area contributed by atoms with E-state index in [9.17, 15) is 5.11 Å². The maximum atomic E-state index is 10.0. The molecule has 2 aromatic rings. The largest absolute Gasteiger partial charge is 0.387 e. The average molecular weight is 350 g/mol. The molecule has 1 atom stereocenters. The van der Waals surface area contributed by atoms with Crippen LogP contribution in [0.2, 0.25) is 5.02 Å². The first-order chi connectivity index (χ1) is 8.18. The third-order valence-corrected chi connectivity index (χ3v) is 5.74. The van der Waals surface area contributed by atoms with Crippen LogP contribution in [-0.4, -0.2) is 10.9 Å². The summed E-state index contributed by atoms with van der Waals surface area (Å²) in [4.78, 5) is 1.96. The number of hydrogen-bond acceptors (Lipinski definition) is 3. The summed E-state index contributed by atoms with van der Waals surface area (Å²) in [5.41, 5.74) is 0. The lowest BCUT2D eigenvalue weighted by Gasteiger charge is -2.09. The van der Waals surface area contributed by atoms with Crippen molar-refractivity contribution in [1.29, 1.82) is 0 Å². The molecule has 2 rings (SSSR count). The second-order valence-electron chi connectivity index (χ2n) is 3.39. The molecule has 0 saturated heterocycles. The van der Waals surface area contributed by atoms with E-state index >= 15 is 0 Å². The Morgan fingerprint density at radius 2 is 2.12 bits per heavy atom. The SMILES string of the molecule is OC(CSc1ccccc1Br)c1sccc1Cl. The lowest BCUT2D eigenvalue weighted by Crippen LogP contribution is -1.98. The highest BCUT2D eigenvalue weighted by molar-refractivity contribution is 9.10. The standard InChI is InChI=1S/C12H10BrClOS2/c13-8-3-1-2-4-11(8)17-7-10(15)12-9(14)5-6-16-12/h1-6,10,15H,7H2. The van der Waals surface area contributed by atoms with Crippen LogP contribution in [0.1, 0.15) is 11.0 Å². The van der Waals surface area contributed by atoms with Crippen molar-refractivity contribution in [3.05, 3.63) is 50.1 Å². The first-order valence-electron chi connectivity index (χ1n) is 4.97. The zero-order chi connectivity index (χ0) is 12.3. The molecule has 1 unspecified atom stereocenters. The van der Waals surface area contributed by atoms with Crippen LogP contribution in [0.25, 0.3) is 0 Å². The van der Waals surface area contributed by atoms with Crippen LogP contribution in [0.4, 0.5) is 0 Å². The number of halogens is 2. The van der Waals surface area contributed by atoms with Crippen LogP contribution >= 0.6 is 50.6 Å². The summed E-state index contributed by atoms with van der Waals surface area (Å²) in [6, 6.07) is 9.79. The van der Waals surface area contributed by atoms with E-state index in [1.807, 2.05) is 35.7 Å². The number of hydrogen-bond donors (Lipinski definition) is 1. The molecule has 0 bridgehead atoms. The van der Waals surface area contributed by atoms with Gasteiger partial charge in [-0.3, -0.25) is 0 Å². The van der Waals surface area contributed by atoms with Gasteiger partial charge in [-0.2, -0.15) is 0 Å². The van der Waals surface area contributed by atoms with Gasteiger partial charge in [-0.1, -0.05) is 23.7 Å². The molecule has 1 aromatic heterocycles. The van der Waals surface area contributed by atoms with E-state index in [1.165, 1.54) is 11.3 Å². The summed E-state index contributed by atoms with van der Waals surface area (Å²) in [5, 5.41) is 12.6. The molecule has 0 saturated carbocycles. The second kappa shape index (κ2) is 6.25. The molecule has 0 aliphatic rings. The Balaban J connectivity index is 2.00. The summed E-state index contributed by atoms with van der Waals surface area (Å²) >= 11 is 12.6. The first kappa shape index (κ1) is 13.4. The molecule has 1 N–H and O–H groups in total. The summed E-state index contributed by atoms with van der Waals surface area (Å²) in [7, 11) is 0. The Hall–Kier alpha value is -0.0000000000000000555. The number of benzene rings is 1. The molecular weight excluding hydrogens is 340 g/mol.